The second-order valence-electron chi connectivity index (χ2n) is 6.66. The minimum atomic E-state index is -0.482. The van der Waals surface area contributed by atoms with Gasteiger partial charge in [-0.1, -0.05) is 0 Å². The van der Waals surface area contributed by atoms with Crippen molar-refractivity contribution in [1.29, 1.82) is 0 Å². The quantitative estimate of drug-likeness (QED) is 0.860. The number of aromatic nitrogens is 2. The summed E-state index contributed by atoms with van der Waals surface area (Å²) in [6, 6.07) is 3.84. The number of halogens is 1. The van der Waals surface area contributed by atoms with Crippen LogP contribution in [0.1, 0.15) is 27.2 Å². The van der Waals surface area contributed by atoms with E-state index in [2.05, 4.69) is 25.9 Å². The zero-order valence-corrected chi connectivity index (χ0v) is 15.0. The van der Waals surface area contributed by atoms with Crippen LogP contribution in [0.2, 0.25) is 0 Å². The normalized spacial score (nSPS) is 18.4. The van der Waals surface area contributed by atoms with Gasteiger partial charge in [0, 0.05) is 19.0 Å². The topological polar surface area (TPSA) is 67.4 Å². The average Bonchev–Trinajstić information content (AvgIpc) is 3.06. The molecule has 1 saturated heterocycles. The number of hydrogen-bond acceptors (Lipinski definition) is 4. The molecule has 0 aliphatic carbocycles. The Balaban J connectivity index is 1.65. The third-order valence-electron chi connectivity index (χ3n) is 3.56. The van der Waals surface area contributed by atoms with Crippen molar-refractivity contribution in [3.8, 4) is 5.75 Å². The molecule has 0 bridgehead atoms. The highest BCUT2D eigenvalue weighted by molar-refractivity contribution is 9.10. The number of hydrogen-bond donors (Lipinski definition) is 1. The number of nitrogens with zero attached hydrogens (tertiary/aromatic N) is 2. The first-order valence-electron chi connectivity index (χ1n) is 7.59. The molecule has 2 aromatic rings. The number of carbonyl (C=O) groups excluding carboxylic acids is 1. The van der Waals surface area contributed by atoms with Crippen molar-refractivity contribution in [2.75, 3.05) is 13.1 Å². The van der Waals surface area contributed by atoms with E-state index in [9.17, 15) is 4.79 Å². The summed E-state index contributed by atoms with van der Waals surface area (Å²) in [4.78, 5) is 21.1. The molecule has 2 heterocycles. The van der Waals surface area contributed by atoms with Gasteiger partial charge in [-0.15, -0.1) is 0 Å². The van der Waals surface area contributed by atoms with Gasteiger partial charge in [0.2, 0.25) is 0 Å². The van der Waals surface area contributed by atoms with Crippen LogP contribution >= 0.6 is 15.9 Å². The summed E-state index contributed by atoms with van der Waals surface area (Å²) in [6.45, 7) is 6.77. The zero-order valence-electron chi connectivity index (χ0n) is 13.4. The van der Waals surface area contributed by atoms with Crippen molar-refractivity contribution in [1.82, 2.24) is 14.9 Å². The maximum Gasteiger partial charge on any atom is 0.410 e. The van der Waals surface area contributed by atoms with Gasteiger partial charge in [0.25, 0.3) is 0 Å². The van der Waals surface area contributed by atoms with E-state index >= 15 is 0 Å². The van der Waals surface area contributed by atoms with Crippen molar-refractivity contribution < 1.29 is 14.3 Å². The fourth-order valence-electron chi connectivity index (χ4n) is 2.52. The first-order valence-corrected chi connectivity index (χ1v) is 8.38. The summed E-state index contributed by atoms with van der Waals surface area (Å²) in [7, 11) is 0. The Morgan fingerprint density at radius 3 is 2.96 bits per heavy atom. The predicted octanol–water partition coefficient (Wildman–Crippen LogP) is 3.71. The zero-order chi connectivity index (χ0) is 16.6. The van der Waals surface area contributed by atoms with Crippen LogP contribution in [-0.2, 0) is 4.74 Å². The number of fused-ring (bicyclic) bond motifs is 1. The van der Waals surface area contributed by atoms with E-state index in [-0.39, 0.29) is 12.2 Å². The number of benzene rings is 1. The first kappa shape index (κ1) is 16.1. The van der Waals surface area contributed by atoms with E-state index in [1.54, 1.807) is 11.2 Å². The maximum atomic E-state index is 12.1. The van der Waals surface area contributed by atoms with Crippen LogP contribution in [0.4, 0.5) is 4.79 Å². The molecular formula is C16H20BrN3O3. The highest BCUT2D eigenvalue weighted by Crippen LogP contribution is 2.31. The number of ether oxygens (including phenoxy) is 2. The summed E-state index contributed by atoms with van der Waals surface area (Å²) in [5, 5.41) is 0. The SMILES string of the molecule is CC(C)(C)OC(=O)N1CCC(Oc2cc3nc[nH]c3cc2Br)C1. The van der Waals surface area contributed by atoms with Crippen molar-refractivity contribution in [2.45, 2.75) is 38.9 Å². The van der Waals surface area contributed by atoms with Crippen LogP contribution in [0.5, 0.6) is 5.75 Å². The molecule has 0 spiro atoms. The molecule has 1 aliphatic heterocycles. The summed E-state index contributed by atoms with van der Waals surface area (Å²) >= 11 is 3.52. The lowest BCUT2D eigenvalue weighted by molar-refractivity contribution is 0.0275. The van der Waals surface area contributed by atoms with Crippen LogP contribution in [0.25, 0.3) is 11.0 Å². The van der Waals surface area contributed by atoms with Crippen LogP contribution in [0.3, 0.4) is 0 Å². The molecule has 7 heteroatoms. The summed E-state index contributed by atoms with van der Waals surface area (Å²) in [5.74, 6) is 0.737. The van der Waals surface area contributed by atoms with E-state index in [1.165, 1.54) is 0 Å². The Bertz CT molecular complexity index is 723. The molecule has 124 valence electrons. The van der Waals surface area contributed by atoms with Gasteiger partial charge in [-0.2, -0.15) is 0 Å². The molecule has 1 N–H and O–H groups in total. The maximum absolute atomic E-state index is 12.1. The Labute approximate surface area is 143 Å². The van der Waals surface area contributed by atoms with E-state index in [0.717, 1.165) is 27.7 Å². The van der Waals surface area contributed by atoms with E-state index < -0.39 is 5.60 Å². The molecule has 1 aliphatic rings. The molecule has 23 heavy (non-hydrogen) atoms. The lowest BCUT2D eigenvalue weighted by Crippen LogP contribution is -2.36. The van der Waals surface area contributed by atoms with Gasteiger partial charge in [0.05, 0.1) is 28.4 Å². The van der Waals surface area contributed by atoms with Crippen LogP contribution in [0, 0.1) is 0 Å². The Morgan fingerprint density at radius 2 is 2.22 bits per heavy atom. The molecule has 1 fully saturated rings. The molecule has 1 amide bonds. The molecular weight excluding hydrogens is 362 g/mol. The van der Waals surface area contributed by atoms with Gasteiger partial charge in [-0.05, 0) is 42.8 Å². The third-order valence-corrected chi connectivity index (χ3v) is 4.18. The van der Waals surface area contributed by atoms with E-state index in [4.69, 9.17) is 9.47 Å². The summed E-state index contributed by atoms with van der Waals surface area (Å²) < 4.78 is 12.3. The second-order valence-corrected chi connectivity index (χ2v) is 7.51. The fourth-order valence-corrected chi connectivity index (χ4v) is 2.96. The fraction of sp³-hybridized carbons (Fsp3) is 0.500. The monoisotopic (exact) mass is 381 g/mol. The molecule has 3 rings (SSSR count). The lowest BCUT2D eigenvalue weighted by atomic mass is 10.2. The lowest BCUT2D eigenvalue weighted by Gasteiger charge is -2.24. The number of carbonyl (C=O) groups is 1. The molecule has 1 aromatic carbocycles. The molecule has 0 saturated carbocycles. The predicted molar refractivity (Wildman–Crippen MR) is 90.6 cm³/mol. The van der Waals surface area contributed by atoms with Gasteiger partial charge >= 0.3 is 6.09 Å². The average molecular weight is 382 g/mol. The number of H-pyrrole nitrogens is 1. The van der Waals surface area contributed by atoms with Crippen molar-refractivity contribution in [3.05, 3.63) is 22.9 Å². The Hall–Kier alpha value is -1.76. The molecule has 0 radical (unpaired) electrons. The number of aromatic amines is 1. The number of imidazole rings is 1. The van der Waals surface area contributed by atoms with Crippen LogP contribution in [-0.4, -0.2) is 45.8 Å². The standard InChI is InChI=1S/C16H20BrN3O3/c1-16(2,3)23-15(21)20-5-4-10(8-20)22-14-7-13-12(6-11(14)17)18-9-19-13/h6-7,9-10H,4-5,8H2,1-3H3,(H,18,19). The second kappa shape index (κ2) is 6.03. The highest BCUT2D eigenvalue weighted by Gasteiger charge is 2.31. The number of nitrogens with one attached hydrogen (secondary N) is 1. The molecule has 1 unspecified atom stereocenters. The van der Waals surface area contributed by atoms with Gasteiger partial charge in [-0.3, -0.25) is 0 Å². The molecule has 1 aromatic heterocycles. The van der Waals surface area contributed by atoms with Gasteiger partial charge in [0.1, 0.15) is 17.5 Å². The number of rotatable bonds is 2. The first-order chi connectivity index (χ1) is 10.8. The van der Waals surface area contributed by atoms with Gasteiger partial charge < -0.3 is 19.4 Å². The number of amides is 1. The van der Waals surface area contributed by atoms with Gasteiger partial charge in [-0.25, -0.2) is 9.78 Å². The number of likely N-dealkylation sites (tertiary alicyclic amines) is 1. The smallest absolute Gasteiger partial charge is 0.410 e. The largest absolute Gasteiger partial charge is 0.487 e. The summed E-state index contributed by atoms with van der Waals surface area (Å²) in [5.41, 5.74) is 1.32. The Morgan fingerprint density at radius 1 is 1.43 bits per heavy atom. The van der Waals surface area contributed by atoms with E-state index in [1.807, 2.05) is 32.9 Å². The van der Waals surface area contributed by atoms with E-state index in [0.29, 0.717) is 13.1 Å². The van der Waals surface area contributed by atoms with Crippen LogP contribution in [0.15, 0.2) is 22.9 Å². The summed E-state index contributed by atoms with van der Waals surface area (Å²) in [6.07, 6.45) is 2.10. The molecule has 6 nitrogen and oxygen atoms in total. The minimum absolute atomic E-state index is 0.0461. The molecule has 1 atom stereocenters. The van der Waals surface area contributed by atoms with Crippen molar-refractivity contribution in [2.24, 2.45) is 0 Å². The highest BCUT2D eigenvalue weighted by atomic mass is 79.9. The Kier molecular flexibility index (Phi) is 4.23. The van der Waals surface area contributed by atoms with Crippen LogP contribution < -0.4 is 4.74 Å². The minimum Gasteiger partial charge on any atom is -0.487 e. The van der Waals surface area contributed by atoms with Crippen molar-refractivity contribution >= 4 is 33.1 Å². The third kappa shape index (κ3) is 3.77. The van der Waals surface area contributed by atoms with Crippen molar-refractivity contribution in [3.63, 3.8) is 0 Å². The van der Waals surface area contributed by atoms with Gasteiger partial charge in [0.15, 0.2) is 0 Å².